The third-order valence-electron chi connectivity index (χ3n) is 4.58. The highest BCUT2D eigenvalue weighted by molar-refractivity contribution is 7.89. The maximum Gasteiger partial charge on any atom is 0.245 e. The Bertz CT molecular complexity index is 807. The normalized spacial score (nSPS) is 20.2. The van der Waals surface area contributed by atoms with Crippen LogP contribution in [-0.4, -0.2) is 53.2 Å². The monoisotopic (exact) mass is 378 g/mol. The van der Waals surface area contributed by atoms with Crippen LogP contribution in [0, 0.1) is 6.92 Å². The van der Waals surface area contributed by atoms with Crippen LogP contribution in [0.2, 0.25) is 0 Å². The third-order valence-corrected chi connectivity index (χ3v) is 6.63. The van der Waals surface area contributed by atoms with E-state index in [2.05, 4.69) is 27.2 Å². The fourth-order valence-electron chi connectivity index (χ4n) is 3.34. The first-order chi connectivity index (χ1) is 12.5. The smallest absolute Gasteiger partial charge is 0.245 e. The highest BCUT2D eigenvalue weighted by Gasteiger charge is 2.34. The Hall–Kier alpha value is -1.77. The molecule has 0 amide bonds. The van der Waals surface area contributed by atoms with Crippen molar-refractivity contribution in [3.05, 3.63) is 47.6 Å². The molecule has 1 aliphatic rings. The minimum Gasteiger partial charge on any atom is -0.338 e. The first kappa shape index (κ1) is 19.0. The second kappa shape index (κ2) is 8.28. The van der Waals surface area contributed by atoms with Crippen molar-refractivity contribution in [2.24, 2.45) is 0 Å². The number of rotatable bonds is 6. The molecule has 0 radical (unpaired) electrons. The van der Waals surface area contributed by atoms with Crippen LogP contribution in [0.5, 0.6) is 0 Å². The first-order valence-corrected chi connectivity index (χ1v) is 10.7. The average Bonchev–Trinajstić information content (AvgIpc) is 2.92. The zero-order chi connectivity index (χ0) is 18.6. The summed E-state index contributed by atoms with van der Waals surface area (Å²) in [6.07, 6.45) is 1.39. The highest BCUT2D eigenvalue weighted by Crippen LogP contribution is 2.27. The molecule has 0 saturated carbocycles. The van der Waals surface area contributed by atoms with Crippen LogP contribution in [0.1, 0.15) is 43.1 Å². The second-order valence-electron chi connectivity index (χ2n) is 6.68. The number of benzene rings is 1. The van der Waals surface area contributed by atoms with Crippen LogP contribution >= 0.6 is 0 Å². The van der Waals surface area contributed by atoms with E-state index >= 15 is 0 Å². The fourth-order valence-corrected chi connectivity index (χ4v) is 4.88. The molecule has 3 rings (SSSR count). The second-order valence-corrected chi connectivity index (χ2v) is 8.77. The highest BCUT2D eigenvalue weighted by atomic mass is 32.2. The van der Waals surface area contributed by atoms with Gasteiger partial charge in [-0.05, 0) is 25.3 Å². The Labute approximate surface area is 155 Å². The summed E-state index contributed by atoms with van der Waals surface area (Å²) in [6, 6.07) is 9.92. The summed E-state index contributed by atoms with van der Waals surface area (Å²) in [5, 5.41) is 3.91. The van der Waals surface area contributed by atoms with E-state index < -0.39 is 10.0 Å². The lowest BCUT2D eigenvalue weighted by atomic mass is 10.1. The Morgan fingerprint density at radius 2 is 2.00 bits per heavy atom. The maximum atomic E-state index is 12.6. The molecule has 1 fully saturated rings. The molecule has 142 valence electrons. The Balaban J connectivity index is 1.88. The quantitative estimate of drug-likeness (QED) is 0.768. The number of aromatic nitrogens is 2. The van der Waals surface area contributed by atoms with Crippen LogP contribution in [-0.2, 0) is 16.6 Å². The topological polar surface area (TPSA) is 79.5 Å². The van der Waals surface area contributed by atoms with Gasteiger partial charge in [0.25, 0.3) is 0 Å². The van der Waals surface area contributed by atoms with Crippen molar-refractivity contribution in [1.29, 1.82) is 0 Å². The van der Waals surface area contributed by atoms with Gasteiger partial charge >= 0.3 is 0 Å². The van der Waals surface area contributed by atoms with Gasteiger partial charge in [0.2, 0.25) is 15.9 Å². The zero-order valence-corrected chi connectivity index (χ0v) is 16.2. The van der Waals surface area contributed by atoms with Crippen molar-refractivity contribution in [1.82, 2.24) is 19.3 Å². The molecule has 1 atom stereocenters. The molecule has 2 aromatic rings. The largest absolute Gasteiger partial charge is 0.338 e. The molecule has 1 aromatic heterocycles. The number of sulfonamides is 1. The molecule has 1 aromatic carbocycles. The Kier molecular flexibility index (Phi) is 6.05. The van der Waals surface area contributed by atoms with Gasteiger partial charge in [0.15, 0.2) is 5.82 Å². The summed E-state index contributed by atoms with van der Waals surface area (Å²) >= 11 is 0. The maximum absolute atomic E-state index is 12.6. The molecular formula is C18H26N4O3S. The van der Waals surface area contributed by atoms with Crippen molar-refractivity contribution >= 4 is 10.0 Å². The van der Waals surface area contributed by atoms with Gasteiger partial charge in [-0.15, -0.1) is 0 Å². The predicted octanol–water partition coefficient (Wildman–Crippen LogP) is 2.37. The fraction of sp³-hybridized carbons (Fsp3) is 0.556. The minimum absolute atomic E-state index is 0.168. The van der Waals surface area contributed by atoms with Gasteiger partial charge in [-0.25, -0.2) is 8.42 Å². The van der Waals surface area contributed by atoms with E-state index in [4.69, 9.17) is 4.52 Å². The lowest BCUT2D eigenvalue weighted by Crippen LogP contribution is -2.38. The van der Waals surface area contributed by atoms with Crippen LogP contribution < -0.4 is 0 Å². The Morgan fingerprint density at radius 3 is 2.65 bits per heavy atom. The molecule has 7 nitrogen and oxygen atoms in total. The molecule has 8 heteroatoms. The lowest BCUT2D eigenvalue weighted by Gasteiger charge is -2.29. The van der Waals surface area contributed by atoms with Crippen molar-refractivity contribution in [3.8, 4) is 0 Å². The molecule has 26 heavy (non-hydrogen) atoms. The molecule has 0 bridgehead atoms. The predicted molar refractivity (Wildman–Crippen MR) is 98.9 cm³/mol. The van der Waals surface area contributed by atoms with E-state index in [-0.39, 0.29) is 11.8 Å². The van der Waals surface area contributed by atoms with Gasteiger partial charge in [0.05, 0.1) is 5.75 Å². The summed E-state index contributed by atoms with van der Waals surface area (Å²) < 4.78 is 32.3. The van der Waals surface area contributed by atoms with Gasteiger partial charge < -0.3 is 4.52 Å². The molecule has 1 unspecified atom stereocenters. The van der Waals surface area contributed by atoms with E-state index in [1.807, 2.05) is 25.1 Å². The minimum atomic E-state index is -3.27. The van der Waals surface area contributed by atoms with Crippen LogP contribution in [0.3, 0.4) is 0 Å². The van der Waals surface area contributed by atoms with Crippen molar-refractivity contribution < 1.29 is 12.9 Å². The number of nitrogens with zero attached hydrogens (tertiary/aromatic N) is 4. The molecule has 1 saturated heterocycles. The lowest BCUT2D eigenvalue weighted by molar-refractivity contribution is 0.155. The molecule has 0 N–H and O–H groups in total. The molecule has 0 aliphatic carbocycles. The van der Waals surface area contributed by atoms with E-state index in [9.17, 15) is 8.42 Å². The van der Waals surface area contributed by atoms with Gasteiger partial charge in [-0.3, -0.25) is 4.90 Å². The first-order valence-electron chi connectivity index (χ1n) is 9.05. The SMILES string of the molecule is CCCS(=O)(=O)N1CCCN(Cc2ccccc2)C(c2nc(C)no2)C1. The van der Waals surface area contributed by atoms with Gasteiger partial charge in [-0.2, -0.15) is 9.29 Å². The summed E-state index contributed by atoms with van der Waals surface area (Å²) in [7, 11) is -3.27. The van der Waals surface area contributed by atoms with Crippen molar-refractivity contribution in [2.45, 2.75) is 39.3 Å². The zero-order valence-electron chi connectivity index (χ0n) is 15.3. The van der Waals surface area contributed by atoms with E-state index in [0.717, 1.165) is 13.0 Å². The van der Waals surface area contributed by atoms with E-state index in [1.54, 1.807) is 11.2 Å². The summed E-state index contributed by atoms with van der Waals surface area (Å²) in [6.45, 7) is 6.02. The summed E-state index contributed by atoms with van der Waals surface area (Å²) in [5.41, 5.74) is 1.18. The van der Waals surface area contributed by atoms with Gasteiger partial charge in [0.1, 0.15) is 6.04 Å². The number of aryl methyl sites for hydroxylation is 1. The van der Waals surface area contributed by atoms with E-state index in [0.29, 0.717) is 37.8 Å². The molecular weight excluding hydrogens is 352 g/mol. The Morgan fingerprint density at radius 1 is 1.23 bits per heavy atom. The van der Waals surface area contributed by atoms with Crippen LogP contribution in [0.15, 0.2) is 34.9 Å². The van der Waals surface area contributed by atoms with Crippen molar-refractivity contribution in [2.75, 3.05) is 25.4 Å². The molecule has 0 spiro atoms. The van der Waals surface area contributed by atoms with Crippen LogP contribution in [0.4, 0.5) is 0 Å². The standard InChI is InChI=1S/C18H26N4O3S/c1-3-12-26(23,24)22-11-7-10-21(13-16-8-5-4-6-9-16)17(14-22)18-19-15(2)20-25-18/h4-6,8-9,17H,3,7,10-14H2,1-2H3. The number of hydrogen-bond donors (Lipinski definition) is 0. The third kappa shape index (κ3) is 4.49. The van der Waals surface area contributed by atoms with E-state index in [1.165, 1.54) is 5.56 Å². The molecule has 2 heterocycles. The van der Waals surface area contributed by atoms with Gasteiger partial charge in [-0.1, -0.05) is 42.4 Å². The molecule has 1 aliphatic heterocycles. The van der Waals surface area contributed by atoms with Gasteiger partial charge in [0, 0.05) is 26.2 Å². The average molecular weight is 378 g/mol. The summed E-state index contributed by atoms with van der Waals surface area (Å²) in [5.74, 6) is 1.21. The summed E-state index contributed by atoms with van der Waals surface area (Å²) in [4.78, 5) is 6.63. The number of hydrogen-bond acceptors (Lipinski definition) is 6. The van der Waals surface area contributed by atoms with Crippen molar-refractivity contribution in [3.63, 3.8) is 0 Å². The van der Waals surface area contributed by atoms with Crippen LogP contribution in [0.25, 0.3) is 0 Å².